The smallest absolute Gasteiger partial charge is 0.276 e. The minimum atomic E-state index is -0.537. The lowest BCUT2D eigenvalue weighted by atomic mass is 9.91. The van der Waals surface area contributed by atoms with Crippen molar-refractivity contribution in [2.24, 2.45) is 5.92 Å². The van der Waals surface area contributed by atoms with Gasteiger partial charge in [-0.3, -0.25) is 14.7 Å². The second kappa shape index (κ2) is 11.4. The van der Waals surface area contributed by atoms with Crippen LogP contribution in [0.15, 0.2) is 71.5 Å². The lowest BCUT2D eigenvalue weighted by molar-refractivity contribution is 0.0665. The van der Waals surface area contributed by atoms with E-state index in [-0.39, 0.29) is 12.2 Å². The van der Waals surface area contributed by atoms with Crippen molar-refractivity contribution in [2.75, 3.05) is 13.2 Å². The van der Waals surface area contributed by atoms with E-state index in [1.54, 1.807) is 12.1 Å². The third-order valence-corrected chi connectivity index (χ3v) is 6.75. The largest absolute Gasteiger partial charge is 0.381 e. The third kappa shape index (κ3) is 6.08. The Morgan fingerprint density at radius 1 is 1.03 bits per heavy atom. The summed E-state index contributed by atoms with van der Waals surface area (Å²) in [5, 5.41) is 10.9. The molecule has 1 amide bonds. The molecule has 1 aliphatic heterocycles. The maximum Gasteiger partial charge on any atom is 0.276 e. The molecule has 5 rings (SSSR count). The number of rotatable bonds is 5. The molecule has 0 saturated carbocycles. The van der Waals surface area contributed by atoms with Gasteiger partial charge < -0.3 is 10.1 Å². The van der Waals surface area contributed by atoms with Gasteiger partial charge in [0.25, 0.3) is 5.91 Å². The second-order valence-electron chi connectivity index (χ2n) is 9.15. The van der Waals surface area contributed by atoms with Crippen molar-refractivity contribution in [3.05, 3.63) is 110 Å². The monoisotopic (exact) mass is 511 g/mol. The van der Waals surface area contributed by atoms with Crippen LogP contribution in [0.25, 0.3) is 10.9 Å². The van der Waals surface area contributed by atoms with Crippen LogP contribution in [-0.2, 0) is 17.7 Å². The van der Waals surface area contributed by atoms with Crippen molar-refractivity contribution in [1.29, 1.82) is 0 Å². The lowest BCUT2D eigenvalue weighted by Crippen LogP contribution is -2.30. The molecule has 0 atom stereocenters. The molecule has 0 radical (unpaired) electrons. The summed E-state index contributed by atoms with van der Waals surface area (Å²) < 4.78 is 5.50. The van der Waals surface area contributed by atoms with Crippen molar-refractivity contribution in [1.82, 2.24) is 15.5 Å². The summed E-state index contributed by atoms with van der Waals surface area (Å²) in [5.74, 6) is 6.33. The van der Waals surface area contributed by atoms with E-state index in [2.05, 4.69) is 27.4 Å². The number of nitrogens with one attached hydrogen (secondary N) is 2. The Morgan fingerprint density at radius 3 is 2.54 bits per heavy atom. The number of hydrogen-bond acceptors (Lipinski definition) is 4. The highest BCUT2D eigenvalue weighted by atomic mass is 35.5. The minimum Gasteiger partial charge on any atom is -0.381 e. The topological polar surface area (TPSA) is 84.1 Å². The molecular weight excluding hydrogens is 486 g/mol. The summed E-state index contributed by atoms with van der Waals surface area (Å²) in [5.41, 5.74) is 3.37. The van der Waals surface area contributed by atoms with Gasteiger partial charge in [0.05, 0.1) is 16.5 Å². The molecule has 6 nitrogen and oxygen atoms in total. The fourth-order valence-corrected chi connectivity index (χ4v) is 4.60. The molecule has 1 aliphatic rings. The Kier molecular flexibility index (Phi) is 7.65. The predicted octanol–water partition coefficient (Wildman–Crippen LogP) is 4.88. The number of carbonyl (C=O) groups excluding carboxylic acids is 1. The first kappa shape index (κ1) is 24.8. The van der Waals surface area contributed by atoms with E-state index < -0.39 is 11.3 Å². The number of amides is 1. The number of aromatic nitrogens is 2. The number of hydrogen-bond donors (Lipinski definition) is 2. The normalized spacial score (nSPS) is 13.6. The molecule has 2 heterocycles. The van der Waals surface area contributed by atoms with Crippen LogP contribution in [0, 0.1) is 17.8 Å². The van der Waals surface area contributed by atoms with Crippen molar-refractivity contribution in [3.8, 4) is 11.8 Å². The molecule has 0 bridgehead atoms. The molecule has 7 heteroatoms. The Morgan fingerprint density at radius 2 is 1.78 bits per heavy atom. The fraction of sp³-hybridized carbons (Fsp3) is 0.233. The Balaban J connectivity index is 1.49. The van der Waals surface area contributed by atoms with Crippen LogP contribution in [0.5, 0.6) is 0 Å². The summed E-state index contributed by atoms with van der Waals surface area (Å²) in [6.45, 7) is 1.76. The molecule has 2 N–H and O–H groups in total. The van der Waals surface area contributed by atoms with Crippen molar-refractivity contribution < 1.29 is 9.53 Å². The van der Waals surface area contributed by atoms with Gasteiger partial charge in [0.15, 0.2) is 5.69 Å². The van der Waals surface area contributed by atoms with Gasteiger partial charge in [0.1, 0.15) is 0 Å². The zero-order chi connectivity index (χ0) is 25.6. The quantitative estimate of drug-likeness (QED) is 0.374. The van der Waals surface area contributed by atoms with E-state index in [1.807, 2.05) is 54.6 Å². The molecule has 37 heavy (non-hydrogen) atoms. The fourth-order valence-electron chi connectivity index (χ4n) is 4.48. The van der Waals surface area contributed by atoms with Gasteiger partial charge >= 0.3 is 0 Å². The minimum absolute atomic E-state index is 0.174. The van der Waals surface area contributed by atoms with Gasteiger partial charge in [-0.15, -0.1) is 0 Å². The standard InChI is InChI=1S/C30H26ClN3O3/c31-25-10-7-22(8-11-25)19-32-30(36)28-29(35)26-18-23(16-21-12-14-37-15-13-21)17-24(27(26)33-34-28)9-6-20-4-2-1-3-5-20/h1-5,7-8,10-11,17-18,21H,12-16,19H2,(H,32,36)(H,33,35). The van der Waals surface area contributed by atoms with Crippen LogP contribution >= 0.6 is 11.6 Å². The van der Waals surface area contributed by atoms with Crippen molar-refractivity contribution >= 4 is 28.4 Å². The van der Waals surface area contributed by atoms with E-state index in [0.29, 0.717) is 27.4 Å². The van der Waals surface area contributed by atoms with Crippen LogP contribution in [0.3, 0.4) is 0 Å². The molecule has 1 aromatic heterocycles. The molecule has 1 saturated heterocycles. The van der Waals surface area contributed by atoms with Gasteiger partial charge in [-0.05, 0) is 72.7 Å². The number of ether oxygens (including phenoxy) is 1. The second-order valence-corrected chi connectivity index (χ2v) is 9.59. The van der Waals surface area contributed by atoms with Crippen LogP contribution in [0.2, 0.25) is 5.02 Å². The van der Waals surface area contributed by atoms with Crippen LogP contribution in [0.1, 0.15) is 45.6 Å². The number of H-pyrrole nitrogens is 1. The van der Waals surface area contributed by atoms with Gasteiger partial charge in [0.2, 0.25) is 5.43 Å². The number of nitrogens with zero attached hydrogens (tertiary/aromatic N) is 1. The average molecular weight is 512 g/mol. The zero-order valence-corrected chi connectivity index (χ0v) is 21.0. The summed E-state index contributed by atoms with van der Waals surface area (Å²) in [6, 6.07) is 20.7. The number of carbonyl (C=O) groups is 1. The highest BCUT2D eigenvalue weighted by Crippen LogP contribution is 2.23. The zero-order valence-electron chi connectivity index (χ0n) is 20.2. The predicted molar refractivity (Wildman–Crippen MR) is 145 cm³/mol. The Hall–Kier alpha value is -3.92. The van der Waals surface area contributed by atoms with E-state index in [4.69, 9.17) is 16.3 Å². The number of fused-ring (bicyclic) bond motifs is 1. The summed E-state index contributed by atoms with van der Waals surface area (Å²) in [6.07, 6.45) is 2.78. The van der Waals surface area contributed by atoms with Crippen LogP contribution in [-0.4, -0.2) is 29.3 Å². The van der Waals surface area contributed by atoms with Gasteiger partial charge in [-0.1, -0.05) is 53.8 Å². The molecule has 4 aromatic rings. The van der Waals surface area contributed by atoms with Gasteiger partial charge in [0, 0.05) is 30.3 Å². The number of halogens is 1. The summed E-state index contributed by atoms with van der Waals surface area (Å²) >= 11 is 5.93. The first-order valence-corrected chi connectivity index (χ1v) is 12.7. The van der Waals surface area contributed by atoms with Crippen LogP contribution < -0.4 is 10.7 Å². The third-order valence-electron chi connectivity index (χ3n) is 6.50. The Labute approximate surface area is 220 Å². The molecule has 0 unspecified atom stereocenters. The number of benzene rings is 3. The van der Waals surface area contributed by atoms with Crippen molar-refractivity contribution in [2.45, 2.75) is 25.8 Å². The number of aromatic amines is 1. The Bertz CT molecular complexity index is 1530. The maximum absolute atomic E-state index is 13.5. The highest BCUT2D eigenvalue weighted by Gasteiger charge is 2.19. The van der Waals surface area contributed by atoms with Gasteiger partial charge in [-0.2, -0.15) is 5.10 Å². The molecule has 0 aliphatic carbocycles. The van der Waals surface area contributed by atoms with E-state index in [1.165, 1.54) is 0 Å². The van der Waals surface area contributed by atoms with E-state index in [9.17, 15) is 9.59 Å². The molecule has 1 fully saturated rings. The van der Waals surface area contributed by atoms with Crippen molar-refractivity contribution in [3.63, 3.8) is 0 Å². The van der Waals surface area contributed by atoms with Gasteiger partial charge in [-0.25, -0.2) is 0 Å². The molecule has 186 valence electrons. The molecule has 3 aromatic carbocycles. The molecular formula is C30H26ClN3O3. The van der Waals surface area contributed by atoms with E-state index in [0.717, 1.165) is 49.2 Å². The summed E-state index contributed by atoms with van der Waals surface area (Å²) in [4.78, 5) is 26.4. The van der Waals surface area contributed by atoms with E-state index >= 15 is 0 Å². The highest BCUT2D eigenvalue weighted by molar-refractivity contribution is 6.30. The SMILES string of the molecule is O=C(NCc1ccc(Cl)cc1)c1n[nH]c2c(C#Cc3ccccc3)cc(CC3CCOCC3)cc2c1=O. The first-order chi connectivity index (χ1) is 18.1. The lowest BCUT2D eigenvalue weighted by Gasteiger charge is -2.22. The average Bonchev–Trinajstić information content (AvgIpc) is 2.93. The molecule has 0 spiro atoms. The maximum atomic E-state index is 13.5. The summed E-state index contributed by atoms with van der Waals surface area (Å²) in [7, 11) is 0. The van der Waals surface area contributed by atoms with Crippen LogP contribution in [0.4, 0.5) is 0 Å². The first-order valence-electron chi connectivity index (χ1n) is 12.3.